The van der Waals surface area contributed by atoms with E-state index in [1.807, 2.05) is 39.8 Å². The lowest BCUT2D eigenvalue weighted by atomic mass is 9.81. The molecule has 0 aliphatic carbocycles. The molecule has 0 radical (unpaired) electrons. The van der Waals surface area contributed by atoms with Crippen molar-refractivity contribution in [2.24, 2.45) is 23.7 Å². The Morgan fingerprint density at radius 2 is 1.90 bits per heavy atom. The van der Waals surface area contributed by atoms with Crippen molar-refractivity contribution in [2.75, 3.05) is 40.8 Å². The van der Waals surface area contributed by atoms with E-state index in [4.69, 9.17) is 14.2 Å². The lowest BCUT2D eigenvalue weighted by Gasteiger charge is -2.44. The van der Waals surface area contributed by atoms with Gasteiger partial charge in [0, 0.05) is 37.9 Å². The highest BCUT2D eigenvalue weighted by Crippen LogP contribution is 2.33. The van der Waals surface area contributed by atoms with Crippen LogP contribution < -0.4 is 0 Å². The van der Waals surface area contributed by atoms with Crippen LogP contribution in [0.5, 0.6) is 0 Å². The van der Waals surface area contributed by atoms with Gasteiger partial charge in [0.25, 0.3) is 0 Å². The molecule has 1 fully saturated rings. The highest BCUT2D eigenvalue weighted by atomic mass is 16.7. The highest BCUT2D eigenvalue weighted by Gasteiger charge is 2.41. The standard InChI is InChI=1S/C32H58N2O7/c1-9-28-26(20-36)16-21(2)12-14-34(8)19-22(3)17-25(13-15-35)31(23(4)10-11-29(37)40-28)41-32-30(38)27(33(6)7)18-24(5)39-32/h15-16,22-28,30-32,36,38H,9-14,17-20H2,1-8H3/b21-16+/t22-,23+,24-,25+,26-,27+,28?,30-,31-,32+/m1/s1. The molecule has 1 unspecified atom stereocenters. The van der Waals surface area contributed by atoms with E-state index in [0.29, 0.717) is 31.6 Å². The normalized spacial score (nSPS) is 39.0. The van der Waals surface area contributed by atoms with E-state index in [2.05, 4.69) is 31.9 Å². The van der Waals surface area contributed by atoms with Crippen molar-refractivity contribution in [3.05, 3.63) is 11.6 Å². The molecule has 0 spiro atoms. The minimum atomic E-state index is -0.834. The van der Waals surface area contributed by atoms with E-state index in [1.54, 1.807) is 0 Å². The van der Waals surface area contributed by atoms with E-state index >= 15 is 0 Å². The Bertz CT molecular complexity index is 822. The predicted molar refractivity (Wildman–Crippen MR) is 160 cm³/mol. The Morgan fingerprint density at radius 3 is 2.51 bits per heavy atom. The predicted octanol–water partition coefficient (Wildman–Crippen LogP) is 3.66. The summed E-state index contributed by atoms with van der Waals surface area (Å²) in [5.74, 6) is -0.423. The number of likely N-dealkylation sites (N-methyl/N-ethyl adjacent to an activating group) is 1. The molecule has 2 aliphatic heterocycles. The van der Waals surface area contributed by atoms with Gasteiger partial charge in [-0.2, -0.15) is 0 Å². The molecule has 238 valence electrons. The van der Waals surface area contributed by atoms with Gasteiger partial charge in [0.05, 0.1) is 18.8 Å². The summed E-state index contributed by atoms with van der Waals surface area (Å²) in [6.45, 7) is 11.9. The fourth-order valence-corrected chi connectivity index (χ4v) is 6.53. The van der Waals surface area contributed by atoms with Crippen molar-refractivity contribution >= 4 is 12.3 Å². The van der Waals surface area contributed by atoms with Gasteiger partial charge in [-0.05, 0) is 84.8 Å². The third-order valence-electron chi connectivity index (χ3n) is 8.88. The first-order chi connectivity index (χ1) is 19.4. The lowest BCUT2D eigenvalue weighted by Crippen LogP contribution is -2.55. The molecule has 10 atom stereocenters. The molecule has 0 aromatic carbocycles. The number of aliphatic hydroxyl groups is 2. The zero-order valence-electron chi connectivity index (χ0n) is 26.8. The van der Waals surface area contributed by atoms with E-state index < -0.39 is 18.5 Å². The molecule has 2 N–H and O–H groups in total. The second-order valence-corrected chi connectivity index (χ2v) is 13.0. The maximum absolute atomic E-state index is 13.0. The van der Waals surface area contributed by atoms with Crippen LogP contribution in [0.15, 0.2) is 11.6 Å². The fraction of sp³-hybridized carbons (Fsp3) is 0.875. The van der Waals surface area contributed by atoms with E-state index in [9.17, 15) is 19.8 Å². The summed E-state index contributed by atoms with van der Waals surface area (Å²) >= 11 is 0. The Hall–Kier alpha value is -1.36. The molecule has 2 rings (SSSR count). The first kappa shape index (κ1) is 35.8. The molecule has 2 aliphatic rings. The molecule has 1 saturated heterocycles. The van der Waals surface area contributed by atoms with Gasteiger partial charge in [-0.1, -0.05) is 32.4 Å². The number of aldehydes is 1. The average molecular weight is 583 g/mol. The van der Waals surface area contributed by atoms with Gasteiger partial charge in [-0.25, -0.2) is 0 Å². The number of nitrogens with zero attached hydrogens (tertiary/aromatic N) is 2. The summed E-state index contributed by atoms with van der Waals surface area (Å²) in [7, 11) is 6.00. The Kier molecular flexibility index (Phi) is 15.5. The van der Waals surface area contributed by atoms with E-state index in [1.165, 1.54) is 5.57 Å². The molecular weight excluding hydrogens is 524 g/mol. The fourth-order valence-electron chi connectivity index (χ4n) is 6.53. The third-order valence-corrected chi connectivity index (χ3v) is 8.88. The maximum atomic E-state index is 13.0. The smallest absolute Gasteiger partial charge is 0.306 e. The Balaban J connectivity index is 2.37. The first-order valence-electron chi connectivity index (χ1n) is 15.6. The van der Waals surface area contributed by atoms with Crippen molar-refractivity contribution in [3.8, 4) is 0 Å². The lowest BCUT2D eigenvalue weighted by molar-refractivity contribution is -0.280. The van der Waals surface area contributed by atoms with Gasteiger partial charge in [-0.15, -0.1) is 0 Å². The largest absolute Gasteiger partial charge is 0.462 e. The Morgan fingerprint density at radius 1 is 1.20 bits per heavy atom. The molecule has 9 nitrogen and oxygen atoms in total. The molecule has 0 saturated carbocycles. The second-order valence-electron chi connectivity index (χ2n) is 13.0. The summed E-state index contributed by atoms with van der Waals surface area (Å²) < 4.78 is 18.6. The number of ether oxygens (including phenoxy) is 3. The van der Waals surface area contributed by atoms with Gasteiger partial charge in [-0.3, -0.25) is 4.79 Å². The maximum Gasteiger partial charge on any atom is 0.306 e. The number of rotatable bonds is 7. The van der Waals surface area contributed by atoms with Crippen LogP contribution in [0.2, 0.25) is 0 Å². The van der Waals surface area contributed by atoms with E-state index in [-0.39, 0.29) is 55.0 Å². The Labute approximate surface area is 248 Å². The number of carbonyl (C=O) groups is 2. The van der Waals surface area contributed by atoms with Gasteiger partial charge < -0.3 is 39.0 Å². The summed E-state index contributed by atoms with van der Waals surface area (Å²) in [6, 6.07) is -0.108. The van der Waals surface area contributed by atoms with Crippen molar-refractivity contribution in [1.82, 2.24) is 9.80 Å². The molecule has 0 bridgehead atoms. The number of aliphatic hydroxyl groups excluding tert-OH is 2. The number of esters is 1. The molecule has 0 aromatic rings. The van der Waals surface area contributed by atoms with Gasteiger partial charge in [0.15, 0.2) is 6.29 Å². The molecular formula is C32H58N2O7. The van der Waals surface area contributed by atoms with Gasteiger partial charge in [0.1, 0.15) is 18.5 Å². The third kappa shape index (κ3) is 11.3. The zero-order valence-corrected chi connectivity index (χ0v) is 26.8. The van der Waals surface area contributed by atoms with Crippen molar-refractivity contribution in [2.45, 2.75) is 116 Å². The van der Waals surface area contributed by atoms with Crippen molar-refractivity contribution in [1.29, 1.82) is 0 Å². The van der Waals surface area contributed by atoms with Crippen LogP contribution in [0.1, 0.15) is 79.6 Å². The zero-order chi connectivity index (χ0) is 30.7. The topological polar surface area (TPSA) is 109 Å². The quantitative estimate of drug-likeness (QED) is 0.264. The summed E-state index contributed by atoms with van der Waals surface area (Å²) in [5, 5.41) is 21.3. The monoisotopic (exact) mass is 582 g/mol. The van der Waals surface area contributed by atoms with Crippen LogP contribution in [-0.4, -0.2) is 110 Å². The van der Waals surface area contributed by atoms with Crippen LogP contribution in [0.25, 0.3) is 0 Å². The molecule has 41 heavy (non-hydrogen) atoms. The minimum absolute atomic E-state index is 0.0776. The highest BCUT2D eigenvalue weighted by molar-refractivity contribution is 5.69. The number of hydrogen-bond donors (Lipinski definition) is 2. The summed E-state index contributed by atoms with van der Waals surface area (Å²) in [5.41, 5.74) is 1.17. The van der Waals surface area contributed by atoms with Crippen molar-refractivity contribution in [3.63, 3.8) is 0 Å². The van der Waals surface area contributed by atoms with Crippen LogP contribution in [0, 0.1) is 23.7 Å². The SMILES string of the molecule is CCC1OC(=O)CC[C@H](C)[C@@H](O[C@@H]2O[C@H](C)C[C@H](N(C)C)[C@H]2O)[C@@H](CC=O)C[C@@H](C)CN(C)CC/C(C)=C/[C@@H]1CO. The second kappa shape index (κ2) is 17.7. The van der Waals surface area contributed by atoms with Crippen LogP contribution in [0.4, 0.5) is 0 Å². The van der Waals surface area contributed by atoms with Gasteiger partial charge >= 0.3 is 5.97 Å². The first-order valence-corrected chi connectivity index (χ1v) is 15.6. The number of carbonyl (C=O) groups excluding carboxylic acids is 2. The molecule has 0 aromatic heterocycles. The minimum Gasteiger partial charge on any atom is -0.462 e. The summed E-state index contributed by atoms with van der Waals surface area (Å²) in [6.07, 6.45) is 4.48. The number of hydrogen-bond acceptors (Lipinski definition) is 9. The van der Waals surface area contributed by atoms with Crippen molar-refractivity contribution < 1.29 is 34.0 Å². The average Bonchev–Trinajstić information content (AvgIpc) is 2.91. The summed E-state index contributed by atoms with van der Waals surface area (Å²) in [4.78, 5) is 29.2. The molecule has 2 heterocycles. The molecule has 9 heteroatoms. The van der Waals surface area contributed by atoms with Crippen LogP contribution in [0.3, 0.4) is 0 Å². The number of cyclic esters (lactones) is 1. The van der Waals surface area contributed by atoms with E-state index in [0.717, 1.165) is 32.2 Å². The van der Waals surface area contributed by atoms with Gasteiger partial charge in [0.2, 0.25) is 0 Å². The molecule has 0 amide bonds. The van der Waals surface area contributed by atoms with Crippen LogP contribution >= 0.6 is 0 Å². The van der Waals surface area contributed by atoms with Crippen LogP contribution in [-0.2, 0) is 23.8 Å².